The largest absolute Gasteiger partial charge is 0.492 e. The predicted molar refractivity (Wildman–Crippen MR) is 82.3 cm³/mol. The van der Waals surface area contributed by atoms with Gasteiger partial charge < -0.3 is 15.4 Å². The zero-order valence-corrected chi connectivity index (χ0v) is 12.9. The van der Waals surface area contributed by atoms with E-state index in [9.17, 15) is 9.18 Å². The minimum absolute atomic E-state index is 0.0582. The van der Waals surface area contributed by atoms with E-state index in [1.807, 2.05) is 7.05 Å². The van der Waals surface area contributed by atoms with E-state index in [0.29, 0.717) is 24.8 Å². The van der Waals surface area contributed by atoms with Crippen molar-refractivity contribution in [3.05, 3.63) is 29.6 Å². The fraction of sp³-hybridized carbons (Fsp3) is 0.588. The second kappa shape index (κ2) is 6.65. The number of rotatable bonds is 3. The maximum absolute atomic E-state index is 13.2. The summed E-state index contributed by atoms with van der Waals surface area (Å²) in [5, 5.41) is 6.45. The number of carbonyl (C=O) groups excluding carboxylic acids is 1. The molecule has 1 saturated carbocycles. The molecule has 3 rings (SSSR count). The molecule has 0 radical (unpaired) electrons. The van der Waals surface area contributed by atoms with Crippen molar-refractivity contribution < 1.29 is 13.9 Å². The molecule has 0 bridgehead atoms. The summed E-state index contributed by atoms with van der Waals surface area (Å²) < 4.78 is 18.7. The number of halogens is 1. The average Bonchev–Trinajstić information content (AvgIpc) is 2.55. The van der Waals surface area contributed by atoms with Gasteiger partial charge in [-0.05, 0) is 50.8 Å². The lowest BCUT2D eigenvalue weighted by Crippen LogP contribution is -2.45. The van der Waals surface area contributed by atoms with Gasteiger partial charge in [-0.1, -0.05) is 6.07 Å². The third-order valence-electron chi connectivity index (χ3n) is 4.79. The van der Waals surface area contributed by atoms with Gasteiger partial charge in [0.25, 0.3) is 0 Å². The zero-order chi connectivity index (χ0) is 15.5. The summed E-state index contributed by atoms with van der Waals surface area (Å²) in [6.45, 7) is 0.328. The number of amides is 1. The molecule has 5 heteroatoms. The van der Waals surface area contributed by atoms with Crippen LogP contribution in [0.2, 0.25) is 0 Å². The molecule has 1 aliphatic carbocycles. The molecule has 1 aromatic carbocycles. The van der Waals surface area contributed by atoms with Gasteiger partial charge in [-0.3, -0.25) is 4.79 Å². The van der Waals surface area contributed by atoms with Gasteiger partial charge in [0, 0.05) is 18.2 Å². The number of benzene rings is 1. The Kier molecular flexibility index (Phi) is 4.62. The number of hydrogen-bond acceptors (Lipinski definition) is 3. The predicted octanol–water partition coefficient (Wildman–Crippen LogP) is 2.02. The van der Waals surface area contributed by atoms with Gasteiger partial charge in [0.1, 0.15) is 18.2 Å². The molecular weight excluding hydrogens is 283 g/mol. The Labute approximate surface area is 130 Å². The molecule has 1 aliphatic heterocycles. The first-order valence-corrected chi connectivity index (χ1v) is 8.04. The summed E-state index contributed by atoms with van der Waals surface area (Å²) in [6, 6.07) is 5.37. The van der Waals surface area contributed by atoms with Gasteiger partial charge in [-0.25, -0.2) is 4.39 Å². The molecule has 2 aliphatic rings. The Morgan fingerprint density at radius 3 is 2.68 bits per heavy atom. The molecule has 1 amide bonds. The van der Waals surface area contributed by atoms with Gasteiger partial charge >= 0.3 is 0 Å². The molecule has 1 heterocycles. The van der Waals surface area contributed by atoms with Crippen LogP contribution in [0.3, 0.4) is 0 Å². The van der Waals surface area contributed by atoms with Crippen molar-refractivity contribution in [3.8, 4) is 5.75 Å². The zero-order valence-electron chi connectivity index (χ0n) is 12.9. The maximum Gasteiger partial charge on any atom is 0.227 e. The van der Waals surface area contributed by atoms with E-state index < -0.39 is 0 Å². The molecule has 22 heavy (non-hydrogen) atoms. The highest BCUT2D eigenvalue weighted by Gasteiger charge is 2.29. The van der Waals surface area contributed by atoms with Crippen LogP contribution in [0, 0.1) is 11.7 Å². The van der Waals surface area contributed by atoms with Crippen LogP contribution in [0.25, 0.3) is 0 Å². The fourth-order valence-electron chi connectivity index (χ4n) is 3.36. The molecule has 0 aromatic heterocycles. The quantitative estimate of drug-likeness (QED) is 0.898. The smallest absolute Gasteiger partial charge is 0.227 e. The van der Waals surface area contributed by atoms with Crippen LogP contribution in [0.5, 0.6) is 5.75 Å². The fourth-order valence-corrected chi connectivity index (χ4v) is 3.36. The van der Waals surface area contributed by atoms with E-state index in [-0.39, 0.29) is 23.7 Å². The third-order valence-corrected chi connectivity index (χ3v) is 4.79. The normalized spacial score (nSPS) is 27.6. The Bertz CT molecular complexity index is 541. The van der Waals surface area contributed by atoms with Gasteiger partial charge in [-0.2, -0.15) is 0 Å². The van der Waals surface area contributed by atoms with Crippen LogP contribution in [0.4, 0.5) is 4.39 Å². The molecule has 1 atom stereocenters. The van der Waals surface area contributed by atoms with E-state index >= 15 is 0 Å². The van der Waals surface area contributed by atoms with Crippen molar-refractivity contribution in [1.29, 1.82) is 0 Å². The summed E-state index contributed by atoms with van der Waals surface area (Å²) >= 11 is 0. The highest BCUT2D eigenvalue weighted by atomic mass is 19.1. The lowest BCUT2D eigenvalue weighted by molar-refractivity contribution is -0.127. The molecule has 1 unspecified atom stereocenters. The van der Waals surface area contributed by atoms with Crippen molar-refractivity contribution in [3.63, 3.8) is 0 Å². The lowest BCUT2D eigenvalue weighted by atomic mass is 9.90. The van der Waals surface area contributed by atoms with E-state index in [1.54, 1.807) is 6.07 Å². The Balaban J connectivity index is 1.54. The maximum atomic E-state index is 13.2. The number of hydrogen-bond donors (Lipinski definition) is 2. The summed E-state index contributed by atoms with van der Waals surface area (Å²) in [6.07, 6.45) is 4.86. The molecule has 1 fully saturated rings. The number of fused-ring (bicyclic) bond motifs is 1. The van der Waals surface area contributed by atoms with E-state index in [0.717, 1.165) is 31.2 Å². The molecule has 4 nitrogen and oxygen atoms in total. The highest BCUT2D eigenvalue weighted by molar-refractivity contribution is 5.80. The van der Waals surface area contributed by atoms with Gasteiger partial charge in [0.2, 0.25) is 5.91 Å². The third kappa shape index (κ3) is 3.40. The van der Waals surface area contributed by atoms with Gasteiger partial charge in [0.05, 0.1) is 5.92 Å². The summed E-state index contributed by atoms with van der Waals surface area (Å²) in [7, 11) is 1.99. The number of ether oxygens (including phenoxy) is 1. The first kappa shape index (κ1) is 15.3. The van der Waals surface area contributed by atoms with Crippen LogP contribution >= 0.6 is 0 Å². The molecule has 2 N–H and O–H groups in total. The minimum Gasteiger partial charge on any atom is -0.492 e. The minimum atomic E-state index is -0.303. The average molecular weight is 306 g/mol. The van der Waals surface area contributed by atoms with Crippen molar-refractivity contribution in [2.24, 2.45) is 5.92 Å². The molecular formula is C17H23FN2O2. The van der Waals surface area contributed by atoms with E-state index in [2.05, 4.69) is 10.6 Å². The summed E-state index contributed by atoms with van der Waals surface area (Å²) in [4.78, 5) is 12.4. The first-order valence-electron chi connectivity index (χ1n) is 8.04. The Hall–Kier alpha value is -1.62. The van der Waals surface area contributed by atoms with E-state index in [1.165, 1.54) is 12.1 Å². The van der Waals surface area contributed by atoms with Crippen LogP contribution < -0.4 is 15.4 Å². The molecule has 0 saturated heterocycles. The number of nitrogens with one attached hydrogen (secondary N) is 2. The molecule has 0 spiro atoms. The van der Waals surface area contributed by atoms with Crippen LogP contribution in [-0.4, -0.2) is 31.6 Å². The monoisotopic (exact) mass is 306 g/mol. The second-order valence-corrected chi connectivity index (χ2v) is 6.31. The first-order chi connectivity index (χ1) is 10.7. The Morgan fingerprint density at radius 1 is 1.23 bits per heavy atom. The lowest BCUT2D eigenvalue weighted by Gasteiger charge is -2.31. The molecule has 120 valence electrons. The van der Waals surface area contributed by atoms with Crippen molar-refractivity contribution in [2.75, 3.05) is 13.7 Å². The SMILES string of the molecule is CNC1CCC(NC(=O)C2COc3cc(F)ccc3C2)CC1. The van der Waals surface area contributed by atoms with Gasteiger partial charge in [0.15, 0.2) is 0 Å². The number of carbonyl (C=O) groups is 1. The van der Waals surface area contributed by atoms with Crippen molar-refractivity contribution in [2.45, 2.75) is 44.2 Å². The van der Waals surface area contributed by atoms with Crippen LogP contribution in [0.15, 0.2) is 18.2 Å². The van der Waals surface area contributed by atoms with Crippen molar-refractivity contribution >= 4 is 5.91 Å². The van der Waals surface area contributed by atoms with Crippen LogP contribution in [-0.2, 0) is 11.2 Å². The second-order valence-electron chi connectivity index (χ2n) is 6.31. The Morgan fingerprint density at radius 2 is 1.95 bits per heavy atom. The summed E-state index contributed by atoms with van der Waals surface area (Å²) in [5.41, 5.74) is 0.909. The summed E-state index contributed by atoms with van der Waals surface area (Å²) in [5.74, 6) is 0.143. The topological polar surface area (TPSA) is 50.4 Å². The highest BCUT2D eigenvalue weighted by Crippen LogP contribution is 2.28. The van der Waals surface area contributed by atoms with Crippen LogP contribution in [0.1, 0.15) is 31.2 Å². The van der Waals surface area contributed by atoms with E-state index in [4.69, 9.17) is 4.74 Å². The van der Waals surface area contributed by atoms with Crippen molar-refractivity contribution in [1.82, 2.24) is 10.6 Å². The van der Waals surface area contributed by atoms with Gasteiger partial charge in [-0.15, -0.1) is 0 Å². The molecule has 1 aromatic rings. The standard InChI is InChI=1S/C17H23FN2O2/c1-19-14-4-6-15(7-5-14)20-17(21)12-8-11-2-3-13(18)9-16(11)22-10-12/h2-3,9,12,14-15,19H,4-8,10H2,1H3,(H,20,21).